The van der Waals surface area contributed by atoms with Crippen molar-refractivity contribution in [3.8, 4) is 0 Å². The Morgan fingerprint density at radius 2 is 2.00 bits per heavy atom. The summed E-state index contributed by atoms with van der Waals surface area (Å²) in [6.07, 6.45) is 3.52. The molecule has 0 aliphatic rings. The Labute approximate surface area is 87.2 Å². The van der Waals surface area contributed by atoms with E-state index in [1.807, 2.05) is 6.92 Å². The van der Waals surface area contributed by atoms with Gasteiger partial charge in [0.1, 0.15) is 0 Å². The second kappa shape index (κ2) is 8.44. The summed E-state index contributed by atoms with van der Waals surface area (Å²) in [5.41, 5.74) is 0. The molecular formula is C8H15InO2. The van der Waals surface area contributed by atoms with Crippen molar-refractivity contribution in [2.24, 2.45) is 5.92 Å². The van der Waals surface area contributed by atoms with Gasteiger partial charge >= 0.3 is 25.8 Å². The molecule has 0 aromatic heterocycles. The Bertz CT molecular complexity index is 104. The molecular weight excluding hydrogens is 243 g/mol. The molecule has 0 aromatic carbocycles. The fraction of sp³-hybridized carbons (Fsp3) is 0.875. The van der Waals surface area contributed by atoms with E-state index < -0.39 is 5.97 Å². The minimum absolute atomic E-state index is 0. The molecule has 2 nitrogen and oxygen atoms in total. The third-order valence-electron chi connectivity index (χ3n) is 1.73. The third kappa shape index (κ3) is 6.73. The predicted molar refractivity (Wildman–Crippen MR) is 44.1 cm³/mol. The summed E-state index contributed by atoms with van der Waals surface area (Å²) in [6.45, 7) is 3.94. The van der Waals surface area contributed by atoms with E-state index in [9.17, 15) is 9.90 Å². The molecule has 0 saturated carbocycles. The molecule has 3 heteroatoms. The van der Waals surface area contributed by atoms with Gasteiger partial charge in [0.2, 0.25) is 0 Å². The van der Waals surface area contributed by atoms with Crippen LogP contribution in [-0.2, 0) is 4.79 Å². The first-order valence-corrected chi connectivity index (χ1v) is 3.93. The van der Waals surface area contributed by atoms with E-state index in [0.717, 1.165) is 19.3 Å². The van der Waals surface area contributed by atoms with Gasteiger partial charge in [-0.15, -0.1) is 0 Å². The van der Waals surface area contributed by atoms with Gasteiger partial charge in [0.05, 0.1) is 0 Å². The first kappa shape index (κ1) is 13.9. The molecule has 1 unspecified atom stereocenters. The Hall–Kier alpha value is 0.340. The summed E-state index contributed by atoms with van der Waals surface area (Å²) in [7, 11) is 0. The molecule has 0 saturated heterocycles. The first-order chi connectivity index (χ1) is 4.72. The van der Waals surface area contributed by atoms with Crippen molar-refractivity contribution in [1.29, 1.82) is 0 Å². The van der Waals surface area contributed by atoms with Crippen molar-refractivity contribution in [3.05, 3.63) is 0 Å². The third-order valence-corrected chi connectivity index (χ3v) is 1.73. The number of unbranched alkanes of at least 4 members (excludes halogenated alkanes) is 1. The Kier molecular flexibility index (Phi) is 10.7. The van der Waals surface area contributed by atoms with Crippen LogP contribution in [0.3, 0.4) is 0 Å². The second-order valence-electron chi connectivity index (χ2n) is 2.57. The molecule has 0 aliphatic heterocycles. The maximum absolute atomic E-state index is 10.3. The molecule has 0 aliphatic carbocycles. The zero-order valence-electron chi connectivity index (χ0n) is 7.30. The molecule has 11 heavy (non-hydrogen) atoms. The number of carbonyl (C=O) groups excluding carboxylic acids is 1. The van der Waals surface area contributed by atoms with E-state index in [1.54, 1.807) is 0 Å². The largest absolute Gasteiger partial charge is 1.00 e. The van der Waals surface area contributed by atoms with Gasteiger partial charge in [-0.1, -0.05) is 26.7 Å². The fourth-order valence-corrected chi connectivity index (χ4v) is 0.939. The van der Waals surface area contributed by atoms with Crippen LogP contribution in [0.5, 0.6) is 0 Å². The van der Waals surface area contributed by atoms with Crippen LogP contribution in [0.2, 0.25) is 0 Å². The van der Waals surface area contributed by atoms with E-state index in [0.29, 0.717) is 6.42 Å². The van der Waals surface area contributed by atoms with E-state index in [2.05, 4.69) is 6.92 Å². The van der Waals surface area contributed by atoms with Crippen molar-refractivity contribution >= 4 is 31.8 Å². The molecule has 0 amide bonds. The Balaban J connectivity index is 0. The molecule has 62 valence electrons. The summed E-state index contributed by atoms with van der Waals surface area (Å²) in [5.74, 6) is -1.11. The number of hydrogen-bond acceptors (Lipinski definition) is 2. The summed E-state index contributed by atoms with van der Waals surface area (Å²) in [6, 6.07) is 0. The van der Waals surface area contributed by atoms with Gasteiger partial charge in [-0.2, -0.15) is 0 Å². The minimum Gasteiger partial charge on any atom is -0.550 e. The number of rotatable bonds is 5. The van der Waals surface area contributed by atoms with Crippen molar-refractivity contribution in [2.45, 2.75) is 39.5 Å². The normalized spacial score (nSPS) is 11.8. The Morgan fingerprint density at radius 1 is 1.45 bits per heavy atom. The van der Waals surface area contributed by atoms with E-state index in [1.165, 1.54) is 0 Å². The number of carbonyl (C=O) groups is 1. The molecule has 2 radical (unpaired) electrons. The van der Waals surface area contributed by atoms with Crippen LogP contribution in [-0.4, -0.2) is 31.8 Å². The van der Waals surface area contributed by atoms with Crippen LogP contribution in [0.4, 0.5) is 0 Å². The first-order valence-electron chi connectivity index (χ1n) is 3.93. The summed E-state index contributed by atoms with van der Waals surface area (Å²) in [5, 5.41) is 10.3. The molecule has 0 fully saturated rings. The van der Waals surface area contributed by atoms with Crippen LogP contribution in [0, 0.1) is 5.92 Å². The smallest absolute Gasteiger partial charge is 0.550 e. The topological polar surface area (TPSA) is 40.1 Å². The molecule has 1 atom stereocenters. The average molecular weight is 258 g/mol. The SMILES string of the molecule is CCCCC(CC)C(=O)[O-].[In+]. The Morgan fingerprint density at radius 3 is 2.27 bits per heavy atom. The van der Waals surface area contributed by atoms with Crippen LogP contribution >= 0.6 is 0 Å². The van der Waals surface area contributed by atoms with Crippen molar-refractivity contribution in [2.75, 3.05) is 0 Å². The number of hydrogen-bond donors (Lipinski definition) is 0. The number of aliphatic carboxylic acids is 1. The number of carboxylic acid groups (broad SMARTS) is 1. The van der Waals surface area contributed by atoms with Gasteiger partial charge < -0.3 is 9.90 Å². The molecule has 0 spiro atoms. The zero-order chi connectivity index (χ0) is 7.98. The molecule has 0 bridgehead atoms. The monoisotopic (exact) mass is 258 g/mol. The second-order valence-corrected chi connectivity index (χ2v) is 2.57. The van der Waals surface area contributed by atoms with Crippen LogP contribution in [0.25, 0.3) is 0 Å². The maximum Gasteiger partial charge on any atom is 1.00 e. The predicted octanol–water partition coefficient (Wildman–Crippen LogP) is 0.572. The fourth-order valence-electron chi connectivity index (χ4n) is 0.939. The van der Waals surface area contributed by atoms with Gasteiger partial charge in [-0.3, -0.25) is 0 Å². The van der Waals surface area contributed by atoms with Gasteiger partial charge in [-0.25, -0.2) is 0 Å². The maximum atomic E-state index is 10.3. The standard InChI is InChI=1S/C8H16O2.In/c1-3-5-6-7(4-2)8(9)10;/h7H,3-6H2,1-2H3,(H,9,10);/q;+1/p-1. The number of carboxylic acids is 1. The van der Waals surface area contributed by atoms with Gasteiger partial charge in [0.25, 0.3) is 0 Å². The summed E-state index contributed by atoms with van der Waals surface area (Å²) >= 11 is 0. The van der Waals surface area contributed by atoms with Crippen LogP contribution in [0.1, 0.15) is 39.5 Å². The molecule has 0 aromatic rings. The van der Waals surface area contributed by atoms with Crippen LogP contribution in [0.15, 0.2) is 0 Å². The average Bonchev–Trinajstić information content (AvgIpc) is 1.89. The van der Waals surface area contributed by atoms with E-state index in [4.69, 9.17) is 0 Å². The molecule has 0 rings (SSSR count). The zero-order valence-corrected chi connectivity index (χ0v) is 10.6. The minimum atomic E-state index is -0.893. The van der Waals surface area contributed by atoms with Crippen molar-refractivity contribution in [3.63, 3.8) is 0 Å². The summed E-state index contributed by atoms with van der Waals surface area (Å²) in [4.78, 5) is 10.3. The summed E-state index contributed by atoms with van der Waals surface area (Å²) < 4.78 is 0. The van der Waals surface area contributed by atoms with Gasteiger partial charge in [0.15, 0.2) is 0 Å². The van der Waals surface area contributed by atoms with Gasteiger partial charge in [-0.05, 0) is 18.8 Å². The molecule has 0 N–H and O–H groups in total. The van der Waals surface area contributed by atoms with E-state index >= 15 is 0 Å². The van der Waals surface area contributed by atoms with Crippen LogP contribution < -0.4 is 5.11 Å². The van der Waals surface area contributed by atoms with Crippen molar-refractivity contribution < 1.29 is 9.90 Å². The quantitative estimate of drug-likeness (QED) is 0.723. The van der Waals surface area contributed by atoms with Gasteiger partial charge in [0, 0.05) is 5.97 Å². The van der Waals surface area contributed by atoms with Crippen molar-refractivity contribution in [1.82, 2.24) is 0 Å². The van der Waals surface area contributed by atoms with E-state index in [-0.39, 0.29) is 31.8 Å². The molecule has 0 heterocycles.